The lowest BCUT2D eigenvalue weighted by atomic mass is 10.1. The fraction of sp³-hybridized carbons (Fsp3) is 0.133. The summed E-state index contributed by atoms with van der Waals surface area (Å²) in [6.45, 7) is 2.47. The van der Waals surface area contributed by atoms with E-state index in [4.69, 9.17) is 10.5 Å². The maximum atomic E-state index is 13.3. The van der Waals surface area contributed by atoms with Gasteiger partial charge in [-0.1, -0.05) is 12.1 Å². The van der Waals surface area contributed by atoms with Crippen molar-refractivity contribution in [2.75, 3.05) is 12.3 Å². The van der Waals surface area contributed by atoms with Crippen LogP contribution >= 0.6 is 0 Å². The number of hydrogen-bond acceptors (Lipinski definition) is 3. The van der Waals surface area contributed by atoms with E-state index in [1.165, 1.54) is 16.7 Å². The van der Waals surface area contributed by atoms with Crippen LogP contribution in [-0.2, 0) is 0 Å². The van der Waals surface area contributed by atoms with Gasteiger partial charge in [0.1, 0.15) is 28.7 Å². The smallest absolute Gasteiger partial charge is 0.140 e. The van der Waals surface area contributed by atoms with Crippen molar-refractivity contribution in [3.8, 4) is 17.0 Å². The Morgan fingerprint density at radius 2 is 2.05 bits per heavy atom. The highest BCUT2D eigenvalue weighted by atomic mass is 19.1. The Hall–Kier alpha value is -2.56. The molecule has 3 aromatic rings. The summed E-state index contributed by atoms with van der Waals surface area (Å²) in [7, 11) is 0. The molecule has 0 fully saturated rings. The number of anilines is 1. The number of ether oxygens (including phenoxy) is 1. The topological polar surface area (TPSA) is 52.5 Å². The van der Waals surface area contributed by atoms with Crippen LogP contribution in [0, 0.1) is 5.82 Å². The summed E-state index contributed by atoms with van der Waals surface area (Å²) in [4.78, 5) is 4.46. The summed E-state index contributed by atoms with van der Waals surface area (Å²) >= 11 is 0. The van der Waals surface area contributed by atoms with Crippen LogP contribution < -0.4 is 10.5 Å². The zero-order chi connectivity index (χ0) is 14.1. The highest BCUT2D eigenvalue weighted by Crippen LogP contribution is 2.33. The summed E-state index contributed by atoms with van der Waals surface area (Å²) in [5.41, 5.74) is 8.08. The van der Waals surface area contributed by atoms with E-state index < -0.39 is 0 Å². The first-order valence-corrected chi connectivity index (χ1v) is 6.36. The van der Waals surface area contributed by atoms with Crippen LogP contribution in [0.1, 0.15) is 6.92 Å². The van der Waals surface area contributed by atoms with E-state index in [-0.39, 0.29) is 5.82 Å². The maximum Gasteiger partial charge on any atom is 0.140 e. The summed E-state index contributed by atoms with van der Waals surface area (Å²) in [6, 6.07) is 10.5. The van der Waals surface area contributed by atoms with Crippen molar-refractivity contribution in [1.82, 2.24) is 9.38 Å². The van der Waals surface area contributed by atoms with Gasteiger partial charge in [0.2, 0.25) is 0 Å². The van der Waals surface area contributed by atoms with E-state index in [0.717, 1.165) is 5.56 Å². The highest BCUT2D eigenvalue weighted by Gasteiger charge is 2.15. The summed E-state index contributed by atoms with van der Waals surface area (Å²) < 4.78 is 20.4. The molecule has 2 heterocycles. The predicted octanol–water partition coefficient (Wildman–Crippen LogP) is 3.12. The minimum Gasteiger partial charge on any atom is -0.493 e. The molecule has 2 N–H and O–H groups in total. The third-order valence-electron chi connectivity index (χ3n) is 3.06. The fourth-order valence-electron chi connectivity index (χ4n) is 2.18. The average molecular weight is 271 g/mol. The molecule has 0 aliphatic heterocycles. The van der Waals surface area contributed by atoms with Crippen LogP contribution in [0.2, 0.25) is 0 Å². The molecular formula is C15H14FN3O. The second kappa shape index (κ2) is 4.85. The van der Waals surface area contributed by atoms with Gasteiger partial charge in [-0.05, 0) is 31.2 Å². The van der Waals surface area contributed by atoms with Crippen molar-refractivity contribution < 1.29 is 9.13 Å². The van der Waals surface area contributed by atoms with Gasteiger partial charge in [0.25, 0.3) is 0 Å². The number of aromatic nitrogens is 2. The maximum absolute atomic E-state index is 13.3. The normalized spacial score (nSPS) is 10.9. The molecule has 0 aliphatic carbocycles. The molecule has 1 aromatic carbocycles. The minimum absolute atomic E-state index is 0.355. The minimum atomic E-state index is -0.355. The van der Waals surface area contributed by atoms with Gasteiger partial charge in [0, 0.05) is 11.8 Å². The Labute approximate surface area is 115 Å². The molecule has 0 radical (unpaired) electrons. The second-order valence-electron chi connectivity index (χ2n) is 4.35. The number of halogens is 1. The van der Waals surface area contributed by atoms with E-state index in [0.29, 0.717) is 29.5 Å². The van der Waals surface area contributed by atoms with Crippen molar-refractivity contribution in [3.05, 3.63) is 48.4 Å². The first kappa shape index (κ1) is 12.5. The zero-order valence-corrected chi connectivity index (χ0v) is 11.0. The number of imidazole rings is 1. The molecule has 0 spiro atoms. The first-order chi connectivity index (χ1) is 9.70. The van der Waals surface area contributed by atoms with Crippen LogP contribution in [0.4, 0.5) is 10.2 Å². The predicted molar refractivity (Wildman–Crippen MR) is 76.2 cm³/mol. The van der Waals surface area contributed by atoms with E-state index in [2.05, 4.69) is 4.98 Å². The molecule has 20 heavy (non-hydrogen) atoms. The molecule has 102 valence electrons. The number of fused-ring (bicyclic) bond motifs is 1. The number of hydrogen-bond donors (Lipinski definition) is 1. The van der Waals surface area contributed by atoms with Crippen LogP contribution in [0.15, 0.2) is 42.6 Å². The Kier molecular flexibility index (Phi) is 3.02. The zero-order valence-electron chi connectivity index (χ0n) is 11.0. The van der Waals surface area contributed by atoms with Crippen molar-refractivity contribution in [1.29, 1.82) is 0 Å². The number of benzene rings is 1. The molecule has 0 amide bonds. The lowest BCUT2D eigenvalue weighted by Gasteiger charge is -2.08. The van der Waals surface area contributed by atoms with Gasteiger partial charge in [-0.2, -0.15) is 0 Å². The molecule has 0 saturated carbocycles. The van der Waals surface area contributed by atoms with E-state index in [1.807, 2.05) is 31.2 Å². The third-order valence-corrected chi connectivity index (χ3v) is 3.06. The number of pyridine rings is 1. The van der Waals surface area contributed by atoms with Crippen molar-refractivity contribution in [2.24, 2.45) is 0 Å². The average Bonchev–Trinajstić information content (AvgIpc) is 2.77. The van der Waals surface area contributed by atoms with E-state index in [1.54, 1.807) is 6.07 Å². The number of nitrogens with two attached hydrogens (primary N) is 1. The summed E-state index contributed by atoms with van der Waals surface area (Å²) in [6.07, 6.45) is 1.32. The quantitative estimate of drug-likeness (QED) is 0.796. The van der Waals surface area contributed by atoms with Gasteiger partial charge in [0.05, 0.1) is 6.61 Å². The van der Waals surface area contributed by atoms with Crippen molar-refractivity contribution in [2.45, 2.75) is 6.92 Å². The van der Waals surface area contributed by atoms with Crippen LogP contribution in [0.25, 0.3) is 16.9 Å². The lowest BCUT2D eigenvalue weighted by Crippen LogP contribution is -1.97. The molecule has 4 nitrogen and oxygen atoms in total. The highest BCUT2D eigenvalue weighted by molar-refractivity contribution is 5.78. The molecular weight excluding hydrogens is 257 g/mol. The summed E-state index contributed by atoms with van der Waals surface area (Å²) in [5, 5.41) is 0. The molecule has 0 aliphatic rings. The monoisotopic (exact) mass is 271 g/mol. The van der Waals surface area contributed by atoms with Crippen LogP contribution in [0.3, 0.4) is 0 Å². The Bertz CT molecular complexity index is 767. The Morgan fingerprint density at radius 1 is 1.25 bits per heavy atom. The van der Waals surface area contributed by atoms with Gasteiger partial charge in [-0.25, -0.2) is 9.37 Å². The molecule has 3 rings (SSSR count). The van der Waals surface area contributed by atoms with Gasteiger partial charge >= 0.3 is 0 Å². The summed E-state index contributed by atoms with van der Waals surface area (Å²) in [5.74, 6) is 0.753. The molecule has 0 unspecified atom stereocenters. The number of para-hydroxylation sites is 1. The number of nitrogen functional groups attached to an aromatic ring is 1. The first-order valence-electron chi connectivity index (χ1n) is 6.36. The largest absolute Gasteiger partial charge is 0.493 e. The molecule has 0 saturated heterocycles. The SMILES string of the molecule is CCOc1ccccc1-c1nc2ccc(F)cn2c1N. The molecule has 2 aromatic heterocycles. The van der Waals surface area contributed by atoms with Gasteiger partial charge in [-0.3, -0.25) is 4.40 Å². The Morgan fingerprint density at radius 3 is 2.85 bits per heavy atom. The van der Waals surface area contributed by atoms with Crippen molar-refractivity contribution >= 4 is 11.5 Å². The van der Waals surface area contributed by atoms with Crippen LogP contribution in [-0.4, -0.2) is 16.0 Å². The third kappa shape index (κ3) is 1.97. The van der Waals surface area contributed by atoms with Crippen molar-refractivity contribution in [3.63, 3.8) is 0 Å². The molecule has 5 heteroatoms. The molecule has 0 bridgehead atoms. The Balaban J connectivity index is 2.22. The fourth-order valence-corrected chi connectivity index (χ4v) is 2.18. The van der Waals surface area contributed by atoms with E-state index in [9.17, 15) is 4.39 Å². The number of rotatable bonds is 3. The van der Waals surface area contributed by atoms with Gasteiger partial charge in [-0.15, -0.1) is 0 Å². The van der Waals surface area contributed by atoms with Crippen LogP contribution in [0.5, 0.6) is 5.75 Å². The number of nitrogens with zero attached hydrogens (tertiary/aromatic N) is 2. The van der Waals surface area contributed by atoms with Gasteiger partial charge < -0.3 is 10.5 Å². The lowest BCUT2D eigenvalue weighted by molar-refractivity contribution is 0.341. The second-order valence-corrected chi connectivity index (χ2v) is 4.35. The molecule has 0 atom stereocenters. The van der Waals surface area contributed by atoms with E-state index >= 15 is 0 Å². The van der Waals surface area contributed by atoms with Gasteiger partial charge in [0.15, 0.2) is 0 Å². The standard InChI is InChI=1S/C15H14FN3O/c1-2-20-12-6-4-3-5-11(12)14-15(17)19-9-10(16)7-8-13(19)18-14/h3-9H,2,17H2,1H3.